The van der Waals surface area contributed by atoms with Gasteiger partial charge in [-0.3, -0.25) is 0 Å². The Hall–Kier alpha value is -1.18. The van der Waals surface area contributed by atoms with Crippen LogP contribution in [0, 0.1) is 0 Å². The van der Waals surface area contributed by atoms with Gasteiger partial charge in [-0.15, -0.1) is 0 Å². The Morgan fingerprint density at radius 1 is 0.895 bits per heavy atom. The van der Waals surface area contributed by atoms with Gasteiger partial charge in [0.1, 0.15) is 0 Å². The number of anilines is 1. The lowest BCUT2D eigenvalue weighted by Crippen LogP contribution is -2.02. The van der Waals surface area contributed by atoms with Gasteiger partial charge in [0.15, 0.2) is 0 Å². The van der Waals surface area contributed by atoms with E-state index in [1.165, 1.54) is 12.0 Å². The van der Waals surface area contributed by atoms with Crippen molar-refractivity contribution in [2.45, 2.75) is 19.3 Å². The van der Waals surface area contributed by atoms with Gasteiger partial charge in [0.25, 0.3) is 0 Å². The summed E-state index contributed by atoms with van der Waals surface area (Å²) in [7, 11) is 0. The number of benzene rings is 2. The van der Waals surface area contributed by atoms with E-state index in [4.69, 9.17) is 23.2 Å². The molecule has 2 rings (SSSR count). The molecule has 0 aliphatic carbocycles. The lowest BCUT2D eigenvalue weighted by molar-refractivity contribution is 0.763. The number of unbranched alkanes of at least 4 members (excludes halogenated alkanes) is 1. The Morgan fingerprint density at radius 2 is 1.68 bits per heavy atom. The van der Waals surface area contributed by atoms with Crippen LogP contribution in [0.1, 0.15) is 18.4 Å². The van der Waals surface area contributed by atoms with Crippen molar-refractivity contribution in [1.82, 2.24) is 0 Å². The van der Waals surface area contributed by atoms with Crippen molar-refractivity contribution in [1.29, 1.82) is 0 Å². The highest BCUT2D eigenvalue weighted by molar-refractivity contribution is 6.36. The van der Waals surface area contributed by atoms with Gasteiger partial charge in [0.05, 0.1) is 10.7 Å². The first-order chi connectivity index (χ1) is 9.25. The highest BCUT2D eigenvalue weighted by atomic mass is 35.5. The Morgan fingerprint density at radius 3 is 2.42 bits per heavy atom. The van der Waals surface area contributed by atoms with E-state index < -0.39 is 0 Å². The largest absolute Gasteiger partial charge is 0.384 e. The fourth-order valence-corrected chi connectivity index (χ4v) is 2.43. The predicted molar refractivity (Wildman–Crippen MR) is 84.3 cm³/mol. The SMILES string of the molecule is Clc1ccc(NCCCCc2ccccc2)c(Cl)c1. The van der Waals surface area contributed by atoms with E-state index in [1.54, 1.807) is 6.07 Å². The van der Waals surface area contributed by atoms with Crippen LogP contribution in [0.15, 0.2) is 48.5 Å². The molecule has 0 saturated heterocycles. The van der Waals surface area contributed by atoms with Crippen LogP contribution in [0.25, 0.3) is 0 Å². The molecule has 0 aromatic heterocycles. The third-order valence-electron chi connectivity index (χ3n) is 2.98. The normalized spacial score (nSPS) is 10.4. The molecule has 1 nitrogen and oxygen atoms in total. The van der Waals surface area contributed by atoms with Gasteiger partial charge in [-0.1, -0.05) is 53.5 Å². The molecule has 0 aliphatic heterocycles. The van der Waals surface area contributed by atoms with Gasteiger partial charge in [0, 0.05) is 11.6 Å². The molecule has 0 atom stereocenters. The van der Waals surface area contributed by atoms with Crippen LogP contribution in [0.4, 0.5) is 5.69 Å². The van der Waals surface area contributed by atoms with Crippen molar-refractivity contribution < 1.29 is 0 Å². The molecule has 0 radical (unpaired) electrons. The van der Waals surface area contributed by atoms with E-state index >= 15 is 0 Å². The average Bonchev–Trinajstić information content (AvgIpc) is 2.42. The van der Waals surface area contributed by atoms with Gasteiger partial charge < -0.3 is 5.32 Å². The Bertz CT molecular complexity index is 511. The minimum atomic E-state index is 0.666. The number of rotatable bonds is 6. The molecule has 0 fully saturated rings. The Kier molecular flexibility index (Phi) is 5.56. The maximum atomic E-state index is 6.09. The van der Waals surface area contributed by atoms with Crippen molar-refractivity contribution in [3.05, 3.63) is 64.1 Å². The smallest absolute Gasteiger partial charge is 0.0652 e. The summed E-state index contributed by atoms with van der Waals surface area (Å²) in [6.07, 6.45) is 3.41. The monoisotopic (exact) mass is 293 g/mol. The summed E-state index contributed by atoms with van der Waals surface area (Å²) >= 11 is 11.9. The second-order valence-corrected chi connectivity index (χ2v) is 5.34. The molecule has 0 heterocycles. The molecule has 2 aromatic carbocycles. The van der Waals surface area contributed by atoms with Crippen LogP contribution < -0.4 is 5.32 Å². The molecule has 100 valence electrons. The molecule has 0 unspecified atom stereocenters. The van der Waals surface area contributed by atoms with E-state index in [9.17, 15) is 0 Å². The highest BCUT2D eigenvalue weighted by Gasteiger charge is 2.00. The van der Waals surface area contributed by atoms with Crippen molar-refractivity contribution in [2.24, 2.45) is 0 Å². The van der Waals surface area contributed by atoms with Crippen LogP contribution >= 0.6 is 23.2 Å². The fourth-order valence-electron chi connectivity index (χ4n) is 1.95. The maximum Gasteiger partial charge on any atom is 0.0652 e. The zero-order valence-electron chi connectivity index (χ0n) is 10.7. The lowest BCUT2D eigenvalue weighted by atomic mass is 10.1. The summed E-state index contributed by atoms with van der Waals surface area (Å²) in [5.41, 5.74) is 2.35. The van der Waals surface area contributed by atoms with Crippen LogP contribution in [0.5, 0.6) is 0 Å². The molecule has 0 amide bonds. The van der Waals surface area contributed by atoms with Gasteiger partial charge in [-0.2, -0.15) is 0 Å². The quantitative estimate of drug-likeness (QED) is 0.701. The zero-order chi connectivity index (χ0) is 13.5. The Balaban J connectivity index is 1.69. The zero-order valence-corrected chi connectivity index (χ0v) is 12.2. The van der Waals surface area contributed by atoms with Gasteiger partial charge in [-0.25, -0.2) is 0 Å². The molecule has 2 aromatic rings. The third kappa shape index (κ3) is 4.77. The molecule has 19 heavy (non-hydrogen) atoms. The molecule has 0 aliphatic rings. The summed E-state index contributed by atoms with van der Waals surface area (Å²) in [5.74, 6) is 0. The van der Waals surface area contributed by atoms with Crippen LogP contribution in [0.2, 0.25) is 10.0 Å². The highest BCUT2D eigenvalue weighted by Crippen LogP contribution is 2.25. The van der Waals surface area contributed by atoms with Crippen molar-refractivity contribution >= 4 is 28.9 Å². The first-order valence-corrected chi connectivity index (χ1v) is 7.24. The second kappa shape index (κ2) is 7.42. The average molecular weight is 294 g/mol. The van der Waals surface area contributed by atoms with Crippen LogP contribution in [-0.4, -0.2) is 6.54 Å². The molecule has 0 spiro atoms. The summed E-state index contributed by atoms with van der Waals surface area (Å²) in [5, 5.41) is 4.68. The van der Waals surface area contributed by atoms with Crippen LogP contribution in [0.3, 0.4) is 0 Å². The molecule has 1 N–H and O–H groups in total. The number of nitrogens with one attached hydrogen (secondary N) is 1. The summed E-state index contributed by atoms with van der Waals surface area (Å²) < 4.78 is 0. The fraction of sp³-hybridized carbons (Fsp3) is 0.250. The Labute approximate surface area is 124 Å². The van der Waals surface area contributed by atoms with Crippen molar-refractivity contribution in [2.75, 3.05) is 11.9 Å². The third-order valence-corrected chi connectivity index (χ3v) is 3.53. The van der Waals surface area contributed by atoms with E-state index in [1.807, 2.05) is 18.2 Å². The molecule has 0 bridgehead atoms. The number of hydrogen-bond acceptors (Lipinski definition) is 1. The number of hydrogen-bond donors (Lipinski definition) is 1. The minimum absolute atomic E-state index is 0.666. The van der Waals surface area contributed by atoms with E-state index in [2.05, 4.69) is 29.6 Å². The first-order valence-electron chi connectivity index (χ1n) is 6.48. The first kappa shape index (κ1) is 14.2. The minimum Gasteiger partial charge on any atom is -0.384 e. The summed E-state index contributed by atoms with van der Waals surface area (Å²) in [4.78, 5) is 0. The second-order valence-electron chi connectivity index (χ2n) is 4.49. The number of halogens is 2. The van der Waals surface area contributed by atoms with Crippen molar-refractivity contribution in [3.63, 3.8) is 0 Å². The summed E-state index contributed by atoms with van der Waals surface area (Å²) in [6.45, 7) is 0.925. The van der Waals surface area contributed by atoms with Gasteiger partial charge >= 0.3 is 0 Å². The summed E-state index contributed by atoms with van der Waals surface area (Å²) in [6, 6.07) is 16.1. The van der Waals surface area contributed by atoms with Crippen molar-refractivity contribution in [3.8, 4) is 0 Å². The maximum absolute atomic E-state index is 6.09. The van der Waals surface area contributed by atoms with E-state index in [-0.39, 0.29) is 0 Å². The number of aryl methyl sites for hydroxylation is 1. The van der Waals surface area contributed by atoms with E-state index in [0.29, 0.717) is 10.0 Å². The van der Waals surface area contributed by atoms with Gasteiger partial charge in [0.2, 0.25) is 0 Å². The standard InChI is InChI=1S/C16H17Cl2N/c17-14-9-10-16(15(18)12-14)19-11-5-4-8-13-6-2-1-3-7-13/h1-3,6-7,9-10,12,19H,4-5,8,11H2. The predicted octanol–water partition coefficient (Wildman–Crippen LogP) is 5.43. The molecular formula is C16H17Cl2N. The van der Waals surface area contributed by atoms with E-state index in [0.717, 1.165) is 25.1 Å². The van der Waals surface area contributed by atoms with Gasteiger partial charge in [-0.05, 0) is 43.0 Å². The molecule has 0 saturated carbocycles. The topological polar surface area (TPSA) is 12.0 Å². The lowest BCUT2D eigenvalue weighted by Gasteiger charge is -2.08. The molecule has 3 heteroatoms. The molecular weight excluding hydrogens is 277 g/mol. The van der Waals surface area contributed by atoms with Crippen LogP contribution in [-0.2, 0) is 6.42 Å².